The van der Waals surface area contributed by atoms with E-state index in [9.17, 15) is 9.59 Å². The fraction of sp³-hybridized carbons (Fsp3) is 0.429. The minimum atomic E-state index is -0.285. The Kier molecular flexibility index (Phi) is 9.13. The maximum atomic E-state index is 13.6. The number of urea groups is 1. The van der Waals surface area contributed by atoms with Gasteiger partial charge >= 0.3 is 6.03 Å². The number of benzene rings is 3. The van der Waals surface area contributed by atoms with Gasteiger partial charge in [-0.3, -0.25) is 9.69 Å². The summed E-state index contributed by atoms with van der Waals surface area (Å²) in [5, 5.41) is 5.81. The van der Waals surface area contributed by atoms with E-state index >= 15 is 0 Å². The molecule has 3 fully saturated rings. The van der Waals surface area contributed by atoms with E-state index in [0.717, 1.165) is 81.1 Å². The second-order valence-electron chi connectivity index (χ2n) is 12.1. The number of hydrogen-bond donors (Lipinski definition) is 2. The van der Waals surface area contributed by atoms with Crippen LogP contribution in [0.25, 0.3) is 0 Å². The molecule has 8 heteroatoms. The molecule has 2 saturated heterocycles. The molecule has 2 aliphatic heterocycles. The molecule has 226 valence electrons. The van der Waals surface area contributed by atoms with Crippen LogP contribution in [0.5, 0.6) is 5.75 Å². The van der Waals surface area contributed by atoms with Crippen LogP contribution in [0.3, 0.4) is 0 Å². The fourth-order valence-electron chi connectivity index (χ4n) is 6.68. The van der Waals surface area contributed by atoms with Crippen molar-refractivity contribution in [1.29, 1.82) is 0 Å². The number of ether oxygens (including phenoxy) is 1. The van der Waals surface area contributed by atoms with E-state index < -0.39 is 0 Å². The van der Waals surface area contributed by atoms with Crippen molar-refractivity contribution in [2.24, 2.45) is 0 Å². The van der Waals surface area contributed by atoms with Gasteiger partial charge in [0.15, 0.2) is 0 Å². The first-order valence-electron chi connectivity index (χ1n) is 15.8. The number of hydrogen-bond acceptors (Lipinski definition) is 5. The van der Waals surface area contributed by atoms with E-state index in [0.29, 0.717) is 6.10 Å². The Morgan fingerprint density at radius 3 is 2.19 bits per heavy atom. The molecule has 1 unspecified atom stereocenters. The van der Waals surface area contributed by atoms with Crippen molar-refractivity contribution in [2.75, 3.05) is 42.2 Å². The molecule has 2 atom stereocenters. The minimum absolute atomic E-state index is 0.0426. The Balaban J connectivity index is 0.972. The maximum absolute atomic E-state index is 13.6. The summed E-state index contributed by atoms with van der Waals surface area (Å²) in [5.41, 5.74) is 3.80. The van der Waals surface area contributed by atoms with Crippen molar-refractivity contribution < 1.29 is 14.3 Å². The molecule has 43 heavy (non-hydrogen) atoms. The van der Waals surface area contributed by atoms with Gasteiger partial charge in [-0.25, -0.2) is 4.79 Å². The predicted octanol–water partition coefficient (Wildman–Crippen LogP) is 6.35. The molecule has 0 spiro atoms. The highest BCUT2D eigenvalue weighted by Crippen LogP contribution is 2.28. The number of amides is 3. The molecule has 3 aromatic carbocycles. The number of rotatable bonds is 9. The van der Waals surface area contributed by atoms with Crippen LogP contribution in [-0.2, 0) is 11.3 Å². The second-order valence-corrected chi connectivity index (χ2v) is 12.1. The maximum Gasteiger partial charge on any atom is 0.323 e. The van der Waals surface area contributed by atoms with Gasteiger partial charge in [0.2, 0.25) is 5.91 Å². The summed E-state index contributed by atoms with van der Waals surface area (Å²) in [6.07, 6.45) is 7.95. The van der Waals surface area contributed by atoms with Crippen LogP contribution >= 0.6 is 0 Å². The quantitative estimate of drug-likeness (QED) is 0.308. The minimum Gasteiger partial charge on any atom is -0.490 e. The van der Waals surface area contributed by atoms with Crippen LogP contribution in [0, 0.1) is 0 Å². The molecular formula is C35H43N5O3. The summed E-state index contributed by atoms with van der Waals surface area (Å²) in [6.45, 7) is 3.49. The fourth-order valence-corrected chi connectivity index (χ4v) is 6.68. The van der Waals surface area contributed by atoms with Crippen LogP contribution < -0.4 is 20.3 Å². The standard InChI is InChI=1S/C35H43N5O3/c1-38(34(41)33-12-7-22-40(33)24-26-8-3-2-4-9-26)30-21-23-39(25-30)29-17-13-27(14-18-29)36-35(42)37-28-15-19-32(20-16-28)43-31-10-5-6-11-31/h2-4,8-9,13-20,30-31,33H,5-7,10-12,21-25H2,1H3,(H2,36,37,42)/t30?,33-/m0/s1. The Bertz CT molecular complexity index is 1360. The molecular weight excluding hydrogens is 538 g/mol. The van der Waals surface area contributed by atoms with Gasteiger partial charge in [-0.05, 0) is 106 Å². The lowest BCUT2D eigenvalue weighted by atomic mass is 10.1. The van der Waals surface area contributed by atoms with Crippen LogP contribution in [-0.4, -0.2) is 66.6 Å². The van der Waals surface area contributed by atoms with Crippen molar-refractivity contribution in [3.63, 3.8) is 0 Å². The van der Waals surface area contributed by atoms with E-state index in [-0.39, 0.29) is 24.0 Å². The summed E-state index contributed by atoms with van der Waals surface area (Å²) in [6, 6.07) is 25.8. The van der Waals surface area contributed by atoms with Gasteiger partial charge in [-0.15, -0.1) is 0 Å². The summed E-state index contributed by atoms with van der Waals surface area (Å²) >= 11 is 0. The zero-order valence-corrected chi connectivity index (χ0v) is 25.1. The third-order valence-electron chi connectivity index (χ3n) is 9.14. The summed E-state index contributed by atoms with van der Waals surface area (Å²) in [5.74, 6) is 1.08. The lowest BCUT2D eigenvalue weighted by molar-refractivity contribution is -0.136. The zero-order chi connectivity index (χ0) is 29.6. The third-order valence-corrected chi connectivity index (χ3v) is 9.14. The normalized spacial score (nSPS) is 20.7. The SMILES string of the molecule is CN(C(=O)[C@@H]1CCCN1Cc1ccccc1)C1CCN(c2ccc(NC(=O)Nc3ccc(OC4CCCC4)cc3)cc2)C1. The van der Waals surface area contributed by atoms with Crippen LogP contribution in [0.1, 0.15) is 50.5 Å². The molecule has 2 N–H and O–H groups in total. The van der Waals surface area contributed by atoms with Crippen molar-refractivity contribution >= 4 is 29.0 Å². The van der Waals surface area contributed by atoms with Crippen molar-refractivity contribution in [3.8, 4) is 5.75 Å². The number of nitrogens with zero attached hydrogens (tertiary/aromatic N) is 3. The van der Waals surface area contributed by atoms with Crippen LogP contribution in [0.2, 0.25) is 0 Å². The molecule has 1 saturated carbocycles. The molecule has 2 heterocycles. The lowest BCUT2D eigenvalue weighted by Gasteiger charge is -2.31. The van der Waals surface area contributed by atoms with Crippen LogP contribution in [0.4, 0.5) is 21.9 Å². The Morgan fingerprint density at radius 1 is 0.814 bits per heavy atom. The highest BCUT2D eigenvalue weighted by Gasteiger charge is 2.36. The third kappa shape index (κ3) is 7.31. The topological polar surface area (TPSA) is 77.2 Å². The van der Waals surface area contributed by atoms with E-state index in [1.807, 2.05) is 66.5 Å². The first kappa shape index (κ1) is 29.1. The molecule has 6 rings (SSSR count). The monoisotopic (exact) mass is 581 g/mol. The molecule has 1 aliphatic carbocycles. The summed E-state index contributed by atoms with van der Waals surface area (Å²) in [4.78, 5) is 32.8. The van der Waals surface area contributed by atoms with Gasteiger partial charge in [0.05, 0.1) is 18.2 Å². The van der Waals surface area contributed by atoms with Gasteiger partial charge in [0.1, 0.15) is 5.75 Å². The number of carbonyl (C=O) groups is 2. The first-order chi connectivity index (χ1) is 21.0. The number of nitrogens with one attached hydrogen (secondary N) is 2. The van der Waals surface area contributed by atoms with Crippen LogP contribution in [0.15, 0.2) is 78.9 Å². The summed E-state index contributed by atoms with van der Waals surface area (Å²) in [7, 11) is 1.97. The van der Waals surface area contributed by atoms with Gasteiger partial charge in [0, 0.05) is 43.7 Å². The predicted molar refractivity (Wildman–Crippen MR) is 172 cm³/mol. The Hall–Kier alpha value is -4.04. The summed E-state index contributed by atoms with van der Waals surface area (Å²) < 4.78 is 6.01. The molecule has 3 aliphatic rings. The van der Waals surface area contributed by atoms with E-state index in [1.54, 1.807) is 0 Å². The Morgan fingerprint density at radius 2 is 1.49 bits per heavy atom. The Labute approximate surface area is 255 Å². The van der Waals surface area contributed by atoms with Gasteiger partial charge in [0.25, 0.3) is 0 Å². The lowest BCUT2D eigenvalue weighted by Crippen LogP contribution is -2.48. The number of carbonyl (C=O) groups excluding carboxylic acids is 2. The second kappa shape index (κ2) is 13.5. The molecule has 0 bridgehead atoms. The molecule has 3 amide bonds. The first-order valence-corrected chi connectivity index (χ1v) is 15.8. The zero-order valence-electron chi connectivity index (χ0n) is 25.1. The van der Waals surface area contributed by atoms with Gasteiger partial charge in [-0.2, -0.15) is 0 Å². The van der Waals surface area contributed by atoms with Crippen molar-refractivity contribution in [3.05, 3.63) is 84.4 Å². The van der Waals surface area contributed by atoms with E-state index in [1.165, 1.54) is 18.4 Å². The largest absolute Gasteiger partial charge is 0.490 e. The average molecular weight is 582 g/mol. The van der Waals surface area contributed by atoms with E-state index in [4.69, 9.17) is 4.74 Å². The highest BCUT2D eigenvalue weighted by atomic mass is 16.5. The van der Waals surface area contributed by atoms with Crippen molar-refractivity contribution in [1.82, 2.24) is 9.80 Å². The number of likely N-dealkylation sites (N-methyl/N-ethyl adjacent to an activating group) is 1. The van der Waals surface area contributed by atoms with Crippen molar-refractivity contribution in [2.45, 2.75) is 69.7 Å². The van der Waals surface area contributed by atoms with Gasteiger partial charge in [-0.1, -0.05) is 30.3 Å². The molecule has 8 nitrogen and oxygen atoms in total. The number of anilines is 3. The van der Waals surface area contributed by atoms with E-state index in [2.05, 4.69) is 44.7 Å². The molecule has 3 aromatic rings. The van der Waals surface area contributed by atoms with Gasteiger partial charge < -0.3 is 25.2 Å². The molecule has 0 radical (unpaired) electrons. The molecule has 0 aromatic heterocycles. The number of likely N-dealkylation sites (tertiary alicyclic amines) is 1. The average Bonchev–Trinajstić information content (AvgIpc) is 3.82. The smallest absolute Gasteiger partial charge is 0.323 e. The highest BCUT2D eigenvalue weighted by molar-refractivity contribution is 5.99.